The van der Waals surface area contributed by atoms with Gasteiger partial charge in [0.05, 0.1) is 26.2 Å². The monoisotopic (exact) mass is 392 g/mol. The molecule has 1 aromatic carbocycles. The highest BCUT2D eigenvalue weighted by Crippen LogP contribution is 2.25. The summed E-state index contributed by atoms with van der Waals surface area (Å²) < 4.78 is 29.2. The van der Waals surface area contributed by atoms with Crippen LogP contribution >= 0.6 is 11.3 Å². The van der Waals surface area contributed by atoms with E-state index in [1.54, 1.807) is 13.8 Å². The molecule has 2 heterocycles. The largest absolute Gasteiger partial charge is 0.506 e. The Labute approximate surface area is 153 Å². The number of aliphatic hydroxyl groups excluding tert-OH is 1. The van der Waals surface area contributed by atoms with E-state index < -0.39 is 15.5 Å². The van der Waals surface area contributed by atoms with Crippen molar-refractivity contribution in [1.82, 2.24) is 9.97 Å². The Morgan fingerprint density at radius 2 is 2.04 bits per heavy atom. The molecular weight excluding hydrogens is 376 g/mol. The molecule has 0 aliphatic heterocycles. The first-order chi connectivity index (χ1) is 12.2. The smallest absolute Gasteiger partial charge is 0.362 e. The molecule has 1 N–H and O–H groups in total. The summed E-state index contributed by atoms with van der Waals surface area (Å²) in [7, 11) is -3.41. The number of fused-ring (bicyclic) bond motifs is 1. The van der Waals surface area contributed by atoms with Gasteiger partial charge in [-0.1, -0.05) is 6.92 Å². The fourth-order valence-electron chi connectivity index (χ4n) is 2.41. The van der Waals surface area contributed by atoms with Crippen LogP contribution in [0.3, 0.4) is 0 Å². The molecule has 9 heteroatoms. The van der Waals surface area contributed by atoms with Crippen molar-refractivity contribution in [2.24, 2.45) is 0 Å². The van der Waals surface area contributed by atoms with Gasteiger partial charge in [0, 0.05) is 6.08 Å². The molecule has 0 aliphatic carbocycles. The Kier molecular flexibility index (Phi) is 4.68. The molecule has 0 bridgehead atoms. The molecule has 0 atom stereocenters. The summed E-state index contributed by atoms with van der Waals surface area (Å²) in [4.78, 5) is 21.1. The van der Waals surface area contributed by atoms with Gasteiger partial charge >= 0.3 is 5.63 Å². The highest BCUT2D eigenvalue weighted by molar-refractivity contribution is 7.91. The predicted octanol–water partition coefficient (Wildman–Crippen LogP) is 3.11. The average Bonchev–Trinajstić information content (AvgIpc) is 2.93. The third kappa shape index (κ3) is 3.40. The average molecular weight is 392 g/mol. The Morgan fingerprint density at radius 3 is 2.65 bits per heavy atom. The Balaban J connectivity index is 2.14. The van der Waals surface area contributed by atoms with Crippen LogP contribution < -0.4 is 5.63 Å². The first-order valence-corrected chi connectivity index (χ1v) is 10.2. The number of thiazole rings is 1. The van der Waals surface area contributed by atoms with E-state index in [0.717, 1.165) is 5.01 Å². The number of aliphatic hydroxyl groups is 1. The second-order valence-corrected chi connectivity index (χ2v) is 9.08. The van der Waals surface area contributed by atoms with E-state index in [9.17, 15) is 18.3 Å². The van der Waals surface area contributed by atoms with Gasteiger partial charge in [-0.2, -0.15) is 0 Å². The minimum absolute atomic E-state index is 0.0488. The molecule has 0 saturated carbocycles. The lowest BCUT2D eigenvalue weighted by Crippen LogP contribution is -2.08. The molecule has 0 saturated heterocycles. The van der Waals surface area contributed by atoms with Crippen LogP contribution in [0.1, 0.15) is 28.2 Å². The van der Waals surface area contributed by atoms with Crippen LogP contribution in [0.2, 0.25) is 0 Å². The lowest BCUT2D eigenvalue weighted by Gasteiger charge is -2.03. The molecule has 0 amide bonds. The first kappa shape index (κ1) is 18.3. The highest BCUT2D eigenvalue weighted by Gasteiger charge is 2.15. The van der Waals surface area contributed by atoms with Crippen LogP contribution in [-0.2, 0) is 9.84 Å². The van der Waals surface area contributed by atoms with Crippen LogP contribution in [0.4, 0.5) is 0 Å². The summed E-state index contributed by atoms with van der Waals surface area (Å²) in [5.74, 6) is -0.197. The summed E-state index contributed by atoms with van der Waals surface area (Å²) >= 11 is 1.29. The van der Waals surface area contributed by atoms with Crippen molar-refractivity contribution in [3.63, 3.8) is 0 Å². The van der Waals surface area contributed by atoms with Crippen LogP contribution in [0.25, 0.3) is 22.9 Å². The predicted molar refractivity (Wildman–Crippen MR) is 100 cm³/mol. The molecule has 7 nitrogen and oxygen atoms in total. The molecule has 3 rings (SSSR count). The lowest BCUT2D eigenvalue weighted by molar-refractivity contribution is 0.515. The molecule has 26 heavy (non-hydrogen) atoms. The summed E-state index contributed by atoms with van der Waals surface area (Å²) in [5, 5.41) is 11.1. The van der Waals surface area contributed by atoms with E-state index in [-0.39, 0.29) is 33.2 Å². The number of benzene rings is 1. The fourth-order valence-corrected chi connectivity index (χ4v) is 4.15. The number of hydrogen-bond donors (Lipinski definition) is 1. The van der Waals surface area contributed by atoms with Gasteiger partial charge in [0.1, 0.15) is 11.3 Å². The zero-order valence-corrected chi connectivity index (χ0v) is 15.9. The first-order valence-electron chi connectivity index (χ1n) is 7.74. The topological polar surface area (TPSA) is 110 Å². The molecule has 0 spiro atoms. The number of nitrogens with zero attached hydrogens (tertiary/aromatic N) is 2. The third-order valence-electron chi connectivity index (χ3n) is 3.73. The maximum Gasteiger partial charge on any atom is 0.362 e. The molecule has 0 aliphatic rings. The van der Waals surface area contributed by atoms with Crippen molar-refractivity contribution in [1.29, 1.82) is 0 Å². The number of aryl methyl sites for hydroxylation is 2. The van der Waals surface area contributed by atoms with Crippen molar-refractivity contribution in [3.8, 4) is 0 Å². The third-order valence-corrected chi connectivity index (χ3v) is 6.56. The minimum Gasteiger partial charge on any atom is -0.506 e. The van der Waals surface area contributed by atoms with Crippen molar-refractivity contribution >= 4 is 44.1 Å². The molecule has 0 radical (unpaired) electrons. The van der Waals surface area contributed by atoms with Gasteiger partial charge in [-0.25, -0.2) is 23.2 Å². The van der Waals surface area contributed by atoms with E-state index in [1.807, 2.05) is 6.92 Å². The number of rotatable bonds is 4. The second kappa shape index (κ2) is 6.65. The van der Waals surface area contributed by atoms with Crippen LogP contribution in [0.15, 0.2) is 32.3 Å². The van der Waals surface area contributed by atoms with Crippen molar-refractivity contribution in [2.75, 3.05) is 5.75 Å². The van der Waals surface area contributed by atoms with Crippen LogP contribution in [0, 0.1) is 13.8 Å². The lowest BCUT2D eigenvalue weighted by atomic mass is 10.2. The Bertz CT molecular complexity index is 1190. The fraction of sp³-hybridized carbons (Fsp3) is 0.235. The summed E-state index contributed by atoms with van der Waals surface area (Å²) in [6.45, 7) is 5.11. The molecule has 136 valence electrons. The Hall–Kier alpha value is -2.52. The van der Waals surface area contributed by atoms with Crippen molar-refractivity contribution in [2.45, 2.75) is 25.7 Å². The van der Waals surface area contributed by atoms with Gasteiger partial charge in [0.25, 0.3) is 0 Å². The highest BCUT2D eigenvalue weighted by atomic mass is 32.2. The quantitative estimate of drug-likeness (QED) is 0.679. The van der Waals surface area contributed by atoms with Gasteiger partial charge in [0.15, 0.2) is 21.1 Å². The van der Waals surface area contributed by atoms with Gasteiger partial charge in [-0.15, -0.1) is 11.3 Å². The zero-order valence-electron chi connectivity index (χ0n) is 14.3. The van der Waals surface area contributed by atoms with Gasteiger partial charge < -0.3 is 9.52 Å². The van der Waals surface area contributed by atoms with E-state index >= 15 is 0 Å². The normalized spacial score (nSPS) is 12.7. The van der Waals surface area contributed by atoms with E-state index in [4.69, 9.17) is 4.42 Å². The van der Waals surface area contributed by atoms with Crippen molar-refractivity contribution < 1.29 is 17.9 Å². The Morgan fingerprint density at radius 1 is 1.31 bits per heavy atom. The second-order valence-electron chi connectivity index (χ2n) is 5.60. The van der Waals surface area contributed by atoms with E-state index in [1.165, 1.54) is 35.6 Å². The molecule has 0 unspecified atom stereocenters. The number of sulfone groups is 1. The van der Waals surface area contributed by atoms with E-state index in [0.29, 0.717) is 10.6 Å². The standard InChI is InChI=1S/C17H16N2O5S2/c1-4-26(22,23)11-5-6-15-12(7-11)19-13(17(21)24-15)8-14(20)16-9(2)18-10(3)25-16/h5-8,20H,4H2,1-3H3/b14-8-. The maximum atomic E-state index is 12.1. The molecular formula is C17H16N2O5S2. The van der Waals surface area contributed by atoms with Crippen LogP contribution in [-0.4, -0.2) is 29.2 Å². The van der Waals surface area contributed by atoms with E-state index in [2.05, 4.69) is 9.97 Å². The summed E-state index contributed by atoms with van der Waals surface area (Å²) in [6.07, 6.45) is 1.20. The summed E-state index contributed by atoms with van der Waals surface area (Å²) in [5.41, 5.74) is 0.185. The van der Waals surface area contributed by atoms with Crippen LogP contribution in [0.5, 0.6) is 0 Å². The molecule has 2 aromatic heterocycles. The SMILES string of the molecule is CCS(=O)(=O)c1ccc2oc(=O)c(/C=C(\O)c3sc(C)nc3C)nc2c1. The minimum atomic E-state index is -3.41. The number of aromatic nitrogens is 2. The van der Waals surface area contributed by atoms with Crippen molar-refractivity contribution in [3.05, 3.63) is 49.9 Å². The number of hydrogen-bond acceptors (Lipinski definition) is 8. The zero-order chi connectivity index (χ0) is 19.1. The maximum absolute atomic E-state index is 12.1. The van der Waals surface area contributed by atoms with Gasteiger partial charge in [-0.05, 0) is 32.0 Å². The van der Waals surface area contributed by atoms with Gasteiger partial charge in [-0.3, -0.25) is 0 Å². The van der Waals surface area contributed by atoms with Gasteiger partial charge in [0.2, 0.25) is 0 Å². The summed E-state index contributed by atoms with van der Waals surface area (Å²) in [6, 6.07) is 4.13. The molecule has 3 aromatic rings. The molecule has 0 fully saturated rings.